The van der Waals surface area contributed by atoms with Gasteiger partial charge in [-0.2, -0.15) is 5.26 Å². The van der Waals surface area contributed by atoms with Crippen LogP contribution in [-0.4, -0.2) is 196 Å². The number of methoxy groups -OCH3 is 8. The van der Waals surface area contributed by atoms with E-state index in [1.54, 1.807) is 58.8 Å². The first-order valence-corrected chi connectivity index (χ1v) is 47.7. The molecule has 0 fully saturated rings. The van der Waals surface area contributed by atoms with E-state index in [-0.39, 0.29) is 42.8 Å². The molecule has 143 heavy (non-hydrogen) atoms. The normalized spacial score (nSPS) is 14.3. The van der Waals surface area contributed by atoms with Crippen LogP contribution in [0.4, 0.5) is 26.3 Å². The molecular formula is C102H114BBr3Cl2F6N6O23. The lowest BCUT2D eigenvalue weighted by molar-refractivity contribution is -0.143. The first-order valence-electron chi connectivity index (χ1n) is 45.0. The van der Waals surface area contributed by atoms with E-state index in [1.165, 1.54) is 40.9 Å². The van der Waals surface area contributed by atoms with Gasteiger partial charge < -0.3 is 97.8 Å². The Kier molecular flexibility index (Phi) is 48.7. The quantitative estimate of drug-likeness (QED) is 0.0110. The Labute approximate surface area is 862 Å². The fourth-order valence-electron chi connectivity index (χ4n) is 15.7. The van der Waals surface area contributed by atoms with E-state index >= 15 is 0 Å². The molecule has 0 unspecified atom stereocenters. The summed E-state index contributed by atoms with van der Waals surface area (Å²) in [6.07, 6.45) is 8.16. The zero-order chi connectivity index (χ0) is 104. The van der Waals surface area contributed by atoms with E-state index in [9.17, 15) is 70.3 Å². The van der Waals surface area contributed by atoms with Crippen LogP contribution >= 0.6 is 71.8 Å². The number of aliphatic carboxylic acids is 1. The van der Waals surface area contributed by atoms with Gasteiger partial charge >= 0.3 is 25.0 Å². The van der Waals surface area contributed by atoms with Gasteiger partial charge in [0.2, 0.25) is 11.8 Å². The zero-order valence-electron chi connectivity index (χ0n) is 80.9. The highest BCUT2D eigenvalue weighted by Gasteiger charge is 2.36. The molecule has 14 rings (SSSR count). The lowest BCUT2D eigenvalue weighted by atomic mass is 9.78. The molecule has 0 aromatic heterocycles. The minimum absolute atomic E-state index is 0. The number of carboxylic acid groups (broad SMARTS) is 1. The standard InChI is InChI=1S/C30H31F2NO7.C20H18BrF2NO4.C19H25BrN2O3.C13H16BrNO3.C11H17BO5.C7H3ClF2O.C2H3N.ClH/c1-4-39-16-17-13-24(37-2)26(25(14-17)38-3)19-11-10-18(28-20(19)7-6-12-40-28)15-23(30(35)36)33-29(34)27-21(31)8-5-9-22(27)32;1-27-20(26)16(24-19(25)17-14(22)5-2-6-15(17)23)10-11-7-8-13(21)12-4-3-9-28-18(11)12;1-11(2)16-19(24-4)21-15(18(22-16)23-3)10-12-7-8-14(20)13-6-5-9-25-17(12)13;1-17-13(16)11(15)7-8-4-5-10(14)9-3-2-6-18-12(8)9;1-4-17-7-8-5-9(15-2)11(12(13)14)10(6-8)16-3;8-7(11)6-4(9)2-1-3-5(6)10;1-2-3;/h5,8-11,13-14,23H,4,6-7,12,15-16H2,1-3H3,(H,33,34)(H,35,36);2,5-8,16H,3-4,9-10H2,1H3,(H,24,25);7-8,11,15-16H,5-6,9-10H2,1-4H3;4-5,11H,2-3,6-7,15H2,1H3;5-6,13-14H,4,7H2,1-3H3;1-3H;1H3;1H/t23-;16-;15-,16+;11-;;;;/m0000..../s1. The van der Waals surface area contributed by atoms with Gasteiger partial charge in [0.25, 0.3) is 17.1 Å². The summed E-state index contributed by atoms with van der Waals surface area (Å²) < 4.78 is 161. The second-order valence-electron chi connectivity index (χ2n) is 32.1. The summed E-state index contributed by atoms with van der Waals surface area (Å²) in [5, 5.41) is 39.2. The number of benzene rings is 9. The van der Waals surface area contributed by atoms with Crippen molar-refractivity contribution in [3.05, 3.63) is 248 Å². The molecule has 5 atom stereocenters. The summed E-state index contributed by atoms with van der Waals surface area (Å²) in [6.45, 7) is 13.9. The predicted molar refractivity (Wildman–Crippen MR) is 539 cm³/mol. The number of nitriles is 1. The zero-order valence-corrected chi connectivity index (χ0v) is 87.3. The highest BCUT2D eigenvalue weighted by atomic mass is 79.9. The van der Waals surface area contributed by atoms with Crippen LogP contribution in [0.1, 0.15) is 147 Å². The summed E-state index contributed by atoms with van der Waals surface area (Å²) in [6, 6.07) is 29.9. The lowest BCUT2D eigenvalue weighted by Gasteiger charge is -2.28. The minimum Gasteiger partial charge on any atom is -0.497 e. The maximum atomic E-state index is 14.1. The SMILES string of the molecule is CC#N.CCOCc1cc(OC)c(-c2ccc(C[C@H](NC(=O)c3c(F)cccc3F)C(=O)O)c3c2CCCO3)c(OC)c1.CCOCc1cc(OC)c(B(O)O)c(OC)c1.COC(=O)[C@@H](N)Cc1ccc(Br)c2c1OCCC2.COC(=O)[C@H](Cc1ccc(Br)c2c1OCCC2)NC(=O)c1c(F)cccc1F.COC1=N[C@H](C(C)C)C(OC)=N[C@H]1Cc1ccc(Br)c2c1OCCC2.Cl.O=C(Cl)c1c(F)cccc1F. The largest absolute Gasteiger partial charge is 0.497 e. The Morgan fingerprint density at radius 1 is 0.510 bits per heavy atom. The average molecular weight is 2230 g/mol. The van der Waals surface area contributed by atoms with E-state index in [0.717, 1.165) is 181 Å². The molecule has 770 valence electrons. The summed E-state index contributed by atoms with van der Waals surface area (Å²) in [4.78, 5) is 80.6. The van der Waals surface area contributed by atoms with Crippen LogP contribution in [0.25, 0.3) is 11.1 Å². The molecule has 41 heteroatoms. The maximum Gasteiger partial charge on any atom is 0.496 e. The van der Waals surface area contributed by atoms with Gasteiger partial charge in [-0.05, 0) is 201 Å². The smallest absolute Gasteiger partial charge is 0.496 e. The molecular weight excluding hydrogens is 2110 g/mol. The second-order valence-corrected chi connectivity index (χ2v) is 35.0. The number of hydrogen-bond donors (Lipinski definition) is 6. The highest BCUT2D eigenvalue weighted by Crippen LogP contribution is 2.47. The number of esters is 2. The Hall–Kier alpha value is -11.7. The fraction of sp³-hybridized carbons (Fsp3) is 0.382. The molecule has 5 aliphatic heterocycles. The van der Waals surface area contributed by atoms with E-state index in [2.05, 4.69) is 89.1 Å². The molecule has 0 aliphatic carbocycles. The van der Waals surface area contributed by atoms with E-state index in [0.29, 0.717) is 129 Å². The molecule has 0 saturated heterocycles. The lowest BCUT2D eigenvalue weighted by Crippen LogP contribution is -2.43. The summed E-state index contributed by atoms with van der Waals surface area (Å²) in [5.41, 5.74) is 14.5. The number of hydrogen-bond acceptors (Lipinski definition) is 26. The number of rotatable bonds is 29. The third kappa shape index (κ3) is 32.1. The first kappa shape index (κ1) is 118. The number of halogens is 11. The average Bonchev–Trinajstić information content (AvgIpc) is 0.758. The predicted octanol–water partition coefficient (Wildman–Crippen LogP) is 17.3. The Morgan fingerprint density at radius 3 is 1.23 bits per heavy atom. The van der Waals surface area contributed by atoms with Crippen LogP contribution in [-0.2, 0) is 107 Å². The number of carboxylic acids is 1. The van der Waals surface area contributed by atoms with Crippen LogP contribution in [0.5, 0.6) is 46.0 Å². The first-order chi connectivity index (χ1) is 68.0. The molecule has 0 radical (unpaired) electrons. The van der Waals surface area contributed by atoms with E-state index in [4.69, 9.17) is 94.2 Å². The fourth-order valence-corrected chi connectivity index (χ4v) is 17.4. The minimum atomic E-state index is -1.64. The maximum absolute atomic E-state index is 14.1. The van der Waals surface area contributed by atoms with E-state index < -0.39 is 112 Å². The molecule has 9 aromatic carbocycles. The molecule has 5 heterocycles. The number of ether oxygens (including phenoxy) is 14. The van der Waals surface area contributed by atoms with Gasteiger partial charge in [0.15, 0.2) is 0 Å². The molecule has 29 nitrogen and oxygen atoms in total. The number of carbonyl (C=O) groups is 6. The number of aliphatic imine (C=N–C) groups is 2. The monoisotopic (exact) mass is 2220 g/mol. The van der Waals surface area contributed by atoms with Crippen molar-refractivity contribution in [2.24, 2.45) is 21.6 Å². The van der Waals surface area contributed by atoms with Crippen molar-refractivity contribution >= 4 is 131 Å². The second kappa shape index (κ2) is 58.9. The number of fused-ring (bicyclic) bond motifs is 4. The molecule has 0 saturated carbocycles. The van der Waals surface area contributed by atoms with Gasteiger partial charge in [-0.25, -0.2) is 45.9 Å². The van der Waals surface area contributed by atoms with Crippen LogP contribution in [0, 0.1) is 52.2 Å². The number of nitrogens with one attached hydrogen (secondary N) is 2. The van der Waals surface area contributed by atoms with Crippen molar-refractivity contribution in [3.63, 3.8) is 0 Å². The van der Waals surface area contributed by atoms with Gasteiger partial charge in [-0.3, -0.25) is 19.2 Å². The Bertz CT molecular complexity index is 5900. The van der Waals surface area contributed by atoms with Crippen LogP contribution in [0.3, 0.4) is 0 Å². The number of carbonyl (C=O) groups excluding carboxylic acids is 5. The van der Waals surface area contributed by atoms with Crippen molar-refractivity contribution in [2.45, 2.75) is 155 Å². The molecule has 0 bridgehead atoms. The van der Waals surface area contributed by atoms with Crippen LogP contribution < -0.4 is 59.7 Å². The van der Waals surface area contributed by atoms with Crippen LogP contribution in [0.2, 0.25) is 0 Å². The summed E-state index contributed by atoms with van der Waals surface area (Å²) in [5.74, 6) is -4.18. The molecule has 0 spiro atoms. The van der Waals surface area contributed by atoms with Crippen molar-refractivity contribution < 1.29 is 137 Å². The number of nitrogens with two attached hydrogens (primary N) is 1. The topological polar surface area (TPSA) is 391 Å². The van der Waals surface area contributed by atoms with Gasteiger partial charge in [0, 0.05) is 81.5 Å². The van der Waals surface area contributed by atoms with Gasteiger partial charge in [0.1, 0.15) is 128 Å². The van der Waals surface area contributed by atoms with Crippen LogP contribution in [0.15, 0.2) is 151 Å². The van der Waals surface area contributed by atoms with Crippen molar-refractivity contribution in [1.82, 2.24) is 10.6 Å². The van der Waals surface area contributed by atoms with E-state index in [1.807, 2.05) is 50.2 Å². The summed E-state index contributed by atoms with van der Waals surface area (Å²) >= 11 is 15.5. The van der Waals surface area contributed by atoms with Crippen molar-refractivity contribution in [1.29, 1.82) is 5.26 Å². The van der Waals surface area contributed by atoms with Gasteiger partial charge in [-0.15, -0.1) is 12.4 Å². The van der Waals surface area contributed by atoms with Gasteiger partial charge in [0.05, 0.1) is 114 Å². The number of nitrogens with zero attached hydrogens (tertiary/aromatic N) is 3. The summed E-state index contributed by atoms with van der Waals surface area (Å²) in [7, 11) is 10.3. The molecule has 2 amide bonds. The highest BCUT2D eigenvalue weighted by molar-refractivity contribution is 9.11. The third-order valence-corrected chi connectivity index (χ3v) is 24.8. The number of amides is 2. The van der Waals surface area contributed by atoms with Gasteiger partial charge in [-0.1, -0.05) is 110 Å². The van der Waals surface area contributed by atoms with Crippen molar-refractivity contribution in [3.8, 4) is 63.2 Å². The Balaban J connectivity index is 0.000000241. The van der Waals surface area contributed by atoms with Crippen molar-refractivity contribution in [2.75, 3.05) is 96.5 Å². The Morgan fingerprint density at radius 2 is 0.867 bits per heavy atom. The molecule has 9 aromatic rings. The third-order valence-electron chi connectivity index (χ3n) is 22.4. The molecule has 7 N–H and O–H groups in total. The molecule has 5 aliphatic rings.